The van der Waals surface area contributed by atoms with Gasteiger partial charge in [-0.25, -0.2) is 18.7 Å². The molecule has 2 aromatic rings. The Balaban J connectivity index is 1.43. The van der Waals surface area contributed by atoms with Gasteiger partial charge in [-0.15, -0.1) is 0 Å². The SMILES string of the molecule is FC(F)CN1CCC(CNc2nc(-c3cccnc3)nc3c2CCC3)CC1. The van der Waals surface area contributed by atoms with Crippen molar-refractivity contribution in [2.24, 2.45) is 5.92 Å². The Morgan fingerprint density at radius 2 is 2.04 bits per heavy atom. The molecule has 3 heterocycles. The van der Waals surface area contributed by atoms with Crippen LogP contribution in [0.5, 0.6) is 0 Å². The average Bonchev–Trinajstić information content (AvgIpc) is 3.16. The number of aryl methyl sites for hydroxylation is 1. The summed E-state index contributed by atoms with van der Waals surface area (Å²) in [7, 11) is 0. The van der Waals surface area contributed by atoms with Gasteiger partial charge in [0.15, 0.2) is 5.82 Å². The van der Waals surface area contributed by atoms with E-state index in [4.69, 9.17) is 9.97 Å². The summed E-state index contributed by atoms with van der Waals surface area (Å²) < 4.78 is 25.0. The van der Waals surface area contributed by atoms with E-state index in [0.717, 1.165) is 74.6 Å². The van der Waals surface area contributed by atoms with E-state index in [-0.39, 0.29) is 6.54 Å². The van der Waals surface area contributed by atoms with Crippen molar-refractivity contribution in [1.29, 1.82) is 0 Å². The Kier molecular flexibility index (Phi) is 5.57. The van der Waals surface area contributed by atoms with Gasteiger partial charge >= 0.3 is 0 Å². The maximum absolute atomic E-state index is 12.5. The molecule has 4 rings (SSSR count). The van der Waals surface area contributed by atoms with E-state index in [0.29, 0.717) is 5.92 Å². The average molecular weight is 373 g/mol. The summed E-state index contributed by atoms with van der Waals surface area (Å²) in [6.45, 7) is 2.23. The zero-order valence-electron chi connectivity index (χ0n) is 15.4. The molecule has 0 saturated carbocycles. The van der Waals surface area contributed by atoms with Crippen LogP contribution in [-0.2, 0) is 12.8 Å². The second kappa shape index (κ2) is 8.25. The number of aromatic nitrogens is 3. The minimum absolute atomic E-state index is 0.103. The molecule has 2 aromatic heterocycles. The number of anilines is 1. The van der Waals surface area contributed by atoms with Crippen molar-refractivity contribution in [3.05, 3.63) is 35.8 Å². The molecule has 1 fully saturated rings. The molecule has 1 aliphatic carbocycles. The minimum Gasteiger partial charge on any atom is -0.369 e. The van der Waals surface area contributed by atoms with E-state index in [2.05, 4.69) is 10.3 Å². The van der Waals surface area contributed by atoms with E-state index < -0.39 is 6.43 Å². The van der Waals surface area contributed by atoms with Gasteiger partial charge in [0.1, 0.15) is 5.82 Å². The molecule has 27 heavy (non-hydrogen) atoms. The molecule has 0 bridgehead atoms. The molecular formula is C20H25F2N5. The number of nitrogens with one attached hydrogen (secondary N) is 1. The van der Waals surface area contributed by atoms with Gasteiger partial charge in [0.2, 0.25) is 0 Å². The van der Waals surface area contributed by atoms with Crippen molar-refractivity contribution in [3.63, 3.8) is 0 Å². The van der Waals surface area contributed by atoms with Crippen molar-refractivity contribution in [1.82, 2.24) is 19.9 Å². The normalized spacial score (nSPS) is 18.0. The first-order valence-electron chi connectivity index (χ1n) is 9.73. The fourth-order valence-electron chi connectivity index (χ4n) is 4.01. The van der Waals surface area contributed by atoms with Gasteiger partial charge in [0, 0.05) is 35.8 Å². The Labute approximate surface area is 158 Å². The number of nitrogens with zero attached hydrogens (tertiary/aromatic N) is 4. The largest absolute Gasteiger partial charge is 0.369 e. The summed E-state index contributed by atoms with van der Waals surface area (Å²) in [5.74, 6) is 2.15. The molecule has 0 unspecified atom stereocenters. The molecule has 2 aliphatic rings. The van der Waals surface area contributed by atoms with Gasteiger partial charge in [0.05, 0.1) is 6.54 Å². The number of hydrogen-bond acceptors (Lipinski definition) is 5. The van der Waals surface area contributed by atoms with Crippen LogP contribution in [0.3, 0.4) is 0 Å². The van der Waals surface area contributed by atoms with Crippen LogP contribution in [0, 0.1) is 5.92 Å². The highest BCUT2D eigenvalue weighted by Gasteiger charge is 2.23. The zero-order chi connectivity index (χ0) is 18.6. The lowest BCUT2D eigenvalue weighted by atomic mass is 9.96. The van der Waals surface area contributed by atoms with Crippen molar-refractivity contribution in [3.8, 4) is 11.4 Å². The van der Waals surface area contributed by atoms with Crippen LogP contribution in [0.25, 0.3) is 11.4 Å². The third-order valence-corrected chi connectivity index (χ3v) is 5.51. The first kappa shape index (κ1) is 18.2. The number of piperidine rings is 1. The smallest absolute Gasteiger partial charge is 0.251 e. The van der Waals surface area contributed by atoms with Crippen LogP contribution in [0.1, 0.15) is 30.5 Å². The van der Waals surface area contributed by atoms with E-state index in [1.807, 2.05) is 17.0 Å². The van der Waals surface area contributed by atoms with Crippen LogP contribution < -0.4 is 5.32 Å². The number of halogens is 2. The maximum Gasteiger partial charge on any atom is 0.251 e. The van der Waals surface area contributed by atoms with Gasteiger partial charge in [-0.05, 0) is 63.2 Å². The van der Waals surface area contributed by atoms with Crippen molar-refractivity contribution < 1.29 is 8.78 Å². The predicted octanol–water partition coefficient (Wildman–Crippen LogP) is 3.42. The van der Waals surface area contributed by atoms with Gasteiger partial charge in [-0.1, -0.05) is 0 Å². The summed E-state index contributed by atoms with van der Waals surface area (Å²) in [6, 6.07) is 3.87. The summed E-state index contributed by atoms with van der Waals surface area (Å²) in [4.78, 5) is 15.6. The number of hydrogen-bond donors (Lipinski definition) is 1. The van der Waals surface area contributed by atoms with Gasteiger partial charge in [0.25, 0.3) is 6.43 Å². The Bertz CT molecular complexity index is 760. The maximum atomic E-state index is 12.5. The Morgan fingerprint density at radius 3 is 2.78 bits per heavy atom. The lowest BCUT2D eigenvalue weighted by Gasteiger charge is -2.31. The molecule has 0 amide bonds. The fraction of sp³-hybridized carbons (Fsp3) is 0.550. The quantitative estimate of drug-likeness (QED) is 0.841. The topological polar surface area (TPSA) is 53.9 Å². The third-order valence-electron chi connectivity index (χ3n) is 5.51. The molecule has 5 nitrogen and oxygen atoms in total. The Morgan fingerprint density at radius 1 is 1.19 bits per heavy atom. The molecule has 0 radical (unpaired) electrons. The van der Waals surface area contributed by atoms with Crippen molar-refractivity contribution >= 4 is 5.82 Å². The first-order valence-corrected chi connectivity index (χ1v) is 9.73. The molecule has 1 N–H and O–H groups in total. The summed E-state index contributed by atoms with van der Waals surface area (Å²) >= 11 is 0. The van der Waals surface area contributed by atoms with Gasteiger partial charge in [-0.2, -0.15) is 0 Å². The zero-order valence-corrected chi connectivity index (χ0v) is 15.4. The number of alkyl halides is 2. The predicted molar refractivity (Wildman–Crippen MR) is 101 cm³/mol. The molecule has 7 heteroatoms. The van der Waals surface area contributed by atoms with E-state index in [9.17, 15) is 8.78 Å². The fourth-order valence-corrected chi connectivity index (χ4v) is 4.01. The Hall–Kier alpha value is -2.15. The van der Waals surface area contributed by atoms with Crippen molar-refractivity contribution in [2.75, 3.05) is 31.5 Å². The second-order valence-electron chi connectivity index (χ2n) is 7.43. The van der Waals surface area contributed by atoms with Crippen LogP contribution >= 0.6 is 0 Å². The van der Waals surface area contributed by atoms with E-state index >= 15 is 0 Å². The number of fused-ring (bicyclic) bond motifs is 1. The van der Waals surface area contributed by atoms with Gasteiger partial charge in [-0.3, -0.25) is 9.88 Å². The lowest BCUT2D eigenvalue weighted by Crippen LogP contribution is -2.38. The number of pyridine rings is 1. The molecule has 144 valence electrons. The van der Waals surface area contributed by atoms with Crippen LogP contribution in [0.4, 0.5) is 14.6 Å². The molecule has 0 aromatic carbocycles. The highest BCUT2D eigenvalue weighted by Crippen LogP contribution is 2.29. The van der Waals surface area contributed by atoms with Crippen LogP contribution in [0.2, 0.25) is 0 Å². The number of likely N-dealkylation sites (tertiary alicyclic amines) is 1. The highest BCUT2D eigenvalue weighted by atomic mass is 19.3. The van der Waals surface area contributed by atoms with E-state index in [1.165, 1.54) is 5.56 Å². The highest BCUT2D eigenvalue weighted by molar-refractivity contribution is 5.59. The minimum atomic E-state index is -2.24. The summed E-state index contributed by atoms with van der Waals surface area (Å²) in [5, 5.41) is 3.54. The first-order chi connectivity index (χ1) is 13.2. The molecule has 1 aliphatic heterocycles. The van der Waals surface area contributed by atoms with E-state index in [1.54, 1.807) is 12.4 Å². The van der Waals surface area contributed by atoms with Crippen LogP contribution in [0.15, 0.2) is 24.5 Å². The molecule has 0 spiro atoms. The molecule has 1 saturated heterocycles. The summed E-state index contributed by atoms with van der Waals surface area (Å²) in [6.07, 6.45) is 6.31. The molecule has 0 atom stereocenters. The standard InChI is InChI=1S/C20H25F2N5/c21-18(22)13-27-9-6-14(7-10-27)11-24-20-16-4-1-5-17(16)25-19(26-20)15-3-2-8-23-12-15/h2-3,8,12,14,18H,1,4-7,9-11,13H2,(H,24,25,26). The summed E-state index contributed by atoms with van der Waals surface area (Å²) in [5.41, 5.74) is 3.30. The lowest BCUT2D eigenvalue weighted by molar-refractivity contribution is 0.0703. The second-order valence-corrected chi connectivity index (χ2v) is 7.43. The number of rotatable bonds is 6. The molecular weight excluding hydrogens is 348 g/mol. The van der Waals surface area contributed by atoms with Crippen molar-refractivity contribution in [2.45, 2.75) is 38.5 Å². The monoisotopic (exact) mass is 373 g/mol. The van der Waals surface area contributed by atoms with Crippen LogP contribution in [-0.4, -0.2) is 52.5 Å². The third kappa shape index (κ3) is 4.40. The van der Waals surface area contributed by atoms with Gasteiger partial charge < -0.3 is 5.32 Å².